The van der Waals surface area contributed by atoms with Gasteiger partial charge in [0.15, 0.2) is 0 Å². The zero-order valence-corrected chi connectivity index (χ0v) is 16.4. The molecule has 0 aromatic carbocycles. The second-order valence-electron chi connectivity index (χ2n) is 9.01. The molecule has 5 nitrogen and oxygen atoms in total. The second kappa shape index (κ2) is 6.11. The van der Waals surface area contributed by atoms with E-state index in [1.165, 1.54) is 17.7 Å². The van der Waals surface area contributed by atoms with Crippen molar-refractivity contribution >= 4 is 11.9 Å². The molecule has 3 aliphatic heterocycles. The minimum atomic E-state index is -0.149. The molecular weight excluding hydrogens is 342 g/mol. The highest BCUT2D eigenvalue weighted by atomic mass is 16.6. The van der Waals surface area contributed by atoms with Crippen LogP contribution in [0.3, 0.4) is 0 Å². The van der Waals surface area contributed by atoms with Gasteiger partial charge in [-0.15, -0.1) is 0 Å². The Morgan fingerprint density at radius 2 is 1.96 bits per heavy atom. The van der Waals surface area contributed by atoms with Gasteiger partial charge in [-0.2, -0.15) is 0 Å². The second-order valence-corrected chi connectivity index (χ2v) is 9.01. The van der Waals surface area contributed by atoms with Gasteiger partial charge in [0.05, 0.1) is 17.5 Å². The number of nitrogens with zero attached hydrogens (tertiary/aromatic N) is 1. The van der Waals surface area contributed by atoms with Crippen molar-refractivity contribution in [3.05, 3.63) is 23.0 Å². The van der Waals surface area contributed by atoms with Gasteiger partial charge in [-0.05, 0) is 30.9 Å². The van der Waals surface area contributed by atoms with Gasteiger partial charge in [0.2, 0.25) is 0 Å². The molecule has 5 heteroatoms. The smallest absolute Gasteiger partial charge is 0.309 e. The monoisotopic (exact) mass is 371 g/mol. The molecule has 7 atom stereocenters. The van der Waals surface area contributed by atoms with Crippen LogP contribution in [0.25, 0.3) is 0 Å². The summed E-state index contributed by atoms with van der Waals surface area (Å²) in [6.07, 6.45) is 5.14. The van der Waals surface area contributed by atoms with Crippen LogP contribution >= 0.6 is 0 Å². The van der Waals surface area contributed by atoms with Crippen LogP contribution in [-0.2, 0) is 25.6 Å². The van der Waals surface area contributed by atoms with Crippen molar-refractivity contribution in [3.63, 3.8) is 0 Å². The van der Waals surface area contributed by atoms with Crippen molar-refractivity contribution in [2.75, 3.05) is 0 Å². The Hall–Kier alpha value is -1.78. The molecule has 0 N–H and O–H groups in total. The van der Waals surface area contributed by atoms with E-state index in [1.54, 1.807) is 0 Å². The molecule has 4 aliphatic rings. The number of esters is 2. The maximum Gasteiger partial charge on any atom is 0.309 e. The van der Waals surface area contributed by atoms with Gasteiger partial charge in [0, 0.05) is 36.4 Å². The maximum atomic E-state index is 12.4. The number of carbonyl (C=O) groups excluding carboxylic acids is 2. The Kier molecular flexibility index (Phi) is 3.92. The van der Waals surface area contributed by atoms with Crippen molar-refractivity contribution in [1.82, 2.24) is 4.57 Å². The van der Waals surface area contributed by atoms with Crippen LogP contribution in [-0.4, -0.2) is 22.6 Å². The van der Waals surface area contributed by atoms with Crippen molar-refractivity contribution in [3.8, 4) is 0 Å². The van der Waals surface area contributed by atoms with Gasteiger partial charge in [0.1, 0.15) is 12.2 Å². The van der Waals surface area contributed by atoms with Gasteiger partial charge < -0.3 is 14.0 Å². The molecule has 0 spiro atoms. The standard InChI is InChI=1S/C22H29NO4/c1-4-13-14-7-5-6-8-23-16(17-9-11(2)21(24)26-17)10-15(19(14)23)18-12(3)22(25)27-20(13)18/h10-14,17-18,20H,4-9H2,1-3H3/t11-,12-,13+,14+,17+,18-,20+/m0/s1. The molecule has 0 radical (unpaired) electrons. The maximum absolute atomic E-state index is 12.4. The van der Waals surface area contributed by atoms with Crippen LogP contribution in [0.1, 0.15) is 87.8 Å². The Bertz CT molecular complexity index is 796. The topological polar surface area (TPSA) is 57.5 Å². The Morgan fingerprint density at radius 3 is 2.67 bits per heavy atom. The first kappa shape index (κ1) is 17.3. The quantitative estimate of drug-likeness (QED) is 0.736. The lowest BCUT2D eigenvalue weighted by Gasteiger charge is -2.39. The van der Waals surface area contributed by atoms with Crippen LogP contribution in [0.4, 0.5) is 0 Å². The van der Waals surface area contributed by atoms with E-state index < -0.39 is 0 Å². The molecule has 1 aromatic rings. The van der Waals surface area contributed by atoms with E-state index in [1.807, 2.05) is 13.8 Å². The summed E-state index contributed by atoms with van der Waals surface area (Å²) in [7, 11) is 0. The fraction of sp³-hybridized carbons (Fsp3) is 0.727. The molecule has 2 saturated heterocycles. The van der Waals surface area contributed by atoms with Crippen LogP contribution in [0.15, 0.2) is 6.07 Å². The largest absolute Gasteiger partial charge is 0.461 e. The van der Waals surface area contributed by atoms with Crippen LogP contribution < -0.4 is 0 Å². The molecule has 1 aromatic heterocycles. The predicted octanol–water partition coefficient (Wildman–Crippen LogP) is 4.06. The number of aromatic nitrogens is 1. The highest BCUT2D eigenvalue weighted by Crippen LogP contribution is 2.55. The molecular formula is C22H29NO4. The van der Waals surface area contributed by atoms with Crippen molar-refractivity contribution in [2.24, 2.45) is 17.8 Å². The molecule has 0 unspecified atom stereocenters. The number of ether oxygens (including phenoxy) is 2. The summed E-state index contributed by atoms with van der Waals surface area (Å²) in [4.78, 5) is 24.5. The van der Waals surface area contributed by atoms with Crippen LogP contribution in [0.2, 0.25) is 0 Å². The molecule has 4 heterocycles. The SMILES string of the molecule is CC[C@H]1[C@H]2OC(=O)[C@@H](C)[C@H]2c2cc([C@H]3C[C@H](C)C(=O)O3)n3c2[C@@H]1CCCC3. The molecule has 1 aliphatic carbocycles. The lowest BCUT2D eigenvalue weighted by Crippen LogP contribution is -2.36. The molecule has 0 amide bonds. The van der Waals surface area contributed by atoms with Gasteiger partial charge in [-0.1, -0.05) is 27.2 Å². The molecule has 27 heavy (non-hydrogen) atoms. The van der Waals surface area contributed by atoms with Gasteiger partial charge in [0.25, 0.3) is 0 Å². The summed E-state index contributed by atoms with van der Waals surface area (Å²) >= 11 is 0. The van der Waals surface area contributed by atoms with E-state index in [-0.39, 0.29) is 41.9 Å². The number of hydrogen-bond donors (Lipinski definition) is 0. The summed E-state index contributed by atoms with van der Waals surface area (Å²) in [5.74, 6) is 0.690. The van der Waals surface area contributed by atoms with Crippen molar-refractivity contribution in [2.45, 2.75) is 83.5 Å². The summed E-state index contributed by atoms with van der Waals surface area (Å²) in [6, 6.07) is 2.26. The van der Waals surface area contributed by atoms with Crippen molar-refractivity contribution in [1.29, 1.82) is 0 Å². The van der Waals surface area contributed by atoms with Gasteiger partial charge in [-0.25, -0.2) is 0 Å². The lowest BCUT2D eigenvalue weighted by atomic mass is 9.66. The molecule has 2 fully saturated rings. The van der Waals surface area contributed by atoms with E-state index >= 15 is 0 Å². The number of cyclic esters (lactones) is 1. The molecule has 5 rings (SSSR count). The lowest BCUT2D eigenvalue weighted by molar-refractivity contribution is -0.146. The highest BCUT2D eigenvalue weighted by Gasteiger charge is 2.54. The summed E-state index contributed by atoms with van der Waals surface area (Å²) < 4.78 is 14.1. The third-order valence-electron chi connectivity index (χ3n) is 7.54. The van der Waals surface area contributed by atoms with Crippen LogP contribution in [0, 0.1) is 17.8 Å². The predicted molar refractivity (Wildman–Crippen MR) is 99.2 cm³/mol. The zero-order chi connectivity index (χ0) is 18.9. The van der Waals surface area contributed by atoms with E-state index in [9.17, 15) is 9.59 Å². The normalized spacial score (nSPS) is 40.2. The fourth-order valence-corrected chi connectivity index (χ4v) is 6.19. The van der Waals surface area contributed by atoms with Gasteiger partial charge in [-0.3, -0.25) is 9.59 Å². The first-order valence-corrected chi connectivity index (χ1v) is 10.7. The third-order valence-corrected chi connectivity index (χ3v) is 7.54. The summed E-state index contributed by atoms with van der Waals surface area (Å²) in [6.45, 7) is 7.17. The zero-order valence-electron chi connectivity index (χ0n) is 16.4. The summed E-state index contributed by atoms with van der Waals surface area (Å²) in [5.41, 5.74) is 3.85. The minimum Gasteiger partial charge on any atom is -0.461 e. The average molecular weight is 371 g/mol. The Balaban J connectivity index is 1.67. The number of carbonyl (C=O) groups is 2. The Labute approximate surface area is 160 Å². The van der Waals surface area contributed by atoms with Gasteiger partial charge >= 0.3 is 11.9 Å². The third kappa shape index (κ3) is 2.36. The number of hydrogen-bond acceptors (Lipinski definition) is 4. The first-order chi connectivity index (χ1) is 13.0. The van der Waals surface area contributed by atoms with E-state index in [2.05, 4.69) is 17.6 Å². The minimum absolute atomic E-state index is 0.00171. The average Bonchev–Trinajstić information content (AvgIpc) is 3.20. The van der Waals surface area contributed by atoms with E-state index in [0.717, 1.165) is 37.9 Å². The number of rotatable bonds is 2. The highest BCUT2D eigenvalue weighted by molar-refractivity contribution is 5.77. The Morgan fingerprint density at radius 1 is 1.15 bits per heavy atom. The van der Waals surface area contributed by atoms with E-state index in [0.29, 0.717) is 11.8 Å². The molecule has 0 saturated carbocycles. The van der Waals surface area contributed by atoms with Crippen molar-refractivity contribution < 1.29 is 19.1 Å². The summed E-state index contributed by atoms with van der Waals surface area (Å²) in [5, 5.41) is 0. The molecule has 0 bridgehead atoms. The van der Waals surface area contributed by atoms with E-state index in [4.69, 9.17) is 9.47 Å². The fourth-order valence-electron chi connectivity index (χ4n) is 6.19. The van der Waals surface area contributed by atoms with Crippen LogP contribution in [0.5, 0.6) is 0 Å². The molecule has 146 valence electrons. The first-order valence-electron chi connectivity index (χ1n) is 10.7. The number of fused-ring (bicyclic) bond motifs is 2.